The number of fused-ring (bicyclic) bond motifs is 1. The maximum absolute atomic E-state index is 12.2. The molecule has 1 aromatic heterocycles. The Kier molecular flexibility index (Phi) is 3.54. The van der Waals surface area contributed by atoms with E-state index in [1.807, 2.05) is 0 Å². The van der Waals surface area contributed by atoms with Crippen LogP contribution in [0.2, 0.25) is 0 Å². The topological polar surface area (TPSA) is 73.4 Å². The molecule has 1 aromatic rings. The van der Waals surface area contributed by atoms with Crippen LogP contribution in [-0.2, 0) is 0 Å². The number of piperazine rings is 1. The van der Waals surface area contributed by atoms with Crippen LogP contribution in [0.3, 0.4) is 0 Å². The maximum Gasteiger partial charge on any atom is 0.271 e. The zero-order valence-corrected chi connectivity index (χ0v) is 11.9. The highest BCUT2D eigenvalue weighted by Gasteiger charge is 2.27. The molecule has 7 heteroatoms. The molecule has 0 spiro atoms. The fourth-order valence-corrected chi connectivity index (χ4v) is 2.57. The Morgan fingerprint density at radius 3 is 2.85 bits per heavy atom. The number of carbonyl (C=O) groups excluding carboxylic acids is 1. The molecule has 20 heavy (non-hydrogen) atoms. The van der Waals surface area contributed by atoms with Crippen molar-refractivity contribution >= 4 is 11.9 Å². The van der Waals surface area contributed by atoms with Crippen LogP contribution < -0.4 is 15.6 Å². The summed E-state index contributed by atoms with van der Waals surface area (Å²) in [7, 11) is 1.73. The zero-order valence-electron chi connectivity index (χ0n) is 11.9. The van der Waals surface area contributed by atoms with Gasteiger partial charge < -0.3 is 10.2 Å². The molecule has 1 unspecified atom stereocenters. The summed E-state index contributed by atoms with van der Waals surface area (Å²) in [5, 5.41) is 4.82. The van der Waals surface area contributed by atoms with Gasteiger partial charge in [0.2, 0.25) is 5.95 Å². The fourth-order valence-electron chi connectivity index (χ4n) is 2.57. The van der Waals surface area contributed by atoms with E-state index < -0.39 is 0 Å². The highest BCUT2D eigenvalue weighted by Crippen LogP contribution is 2.23. The van der Waals surface area contributed by atoms with Crippen LogP contribution in [0.1, 0.15) is 28.9 Å². The van der Waals surface area contributed by atoms with E-state index in [1.54, 1.807) is 13.2 Å². The minimum atomic E-state index is -0.0730. The van der Waals surface area contributed by atoms with Gasteiger partial charge in [0.15, 0.2) is 0 Å². The molecular weight excluding hydrogens is 256 g/mol. The summed E-state index contributed by atoms with van der Waals surface area (Å²) < 4.78 is 0. The molecule has 2 aliphatic heterocycles. The molecule has 3 heterocycles. The van der Waals surface area contributed by atoms with Crippen molar-refractivity contribution < 1.29 is 4.79 Å². The van der Waals surface area contributed by atoms with Crippen molar-refractivity contribution in [2.75, 3.05) is 44.7 Å². The van der Waals surface area contributed by atoms with E-state index >= 15 is 0 Å². The van der Waals surface area contributed by atoms with Gasteiger partial charge in [0.05, 0.1) is 11.3 Å². The van der Waals surface area contributed by atoms with Gasteiger partial charge in [-0.05, 0) is 0 Å². The van der Waals surface area contributed by atoms with Gasteiger partial charge in [-0.25, -0.2) is 15.4 Å². The summed E-state index contributed by atoms with van der Waals surface area (Å²) in [6, 6.07) is 0. The number of aromatic nitrogens is 2. The third-order valence-electron chi connectivity index (χ3n) is 3.84. The Hall–Kier alpha value is -1.73. The highest BCUT2D eigenvalue weighted by atomic mass is 16.2. The number of nitrogens with one attached hydrogen (secondary N) is 2. The van der Waals surface area contributed by atoms with Crippen molar-refractivity contribution in [2.24, 2.45) is 0 Å². The van der Waals surface area contributed by atoms with Crippen LogP contribution in [0.15, 0.2) is 6.20 Å². The average molecular weight is 276 g/mol. The number of hydrazine groups is 1. The van der Waals surface area contributed by atoms with Crippen molar-refractivity contribution in [3.63, 3.8) is 0 Å². The molecule has 0 aromatic carbocycles. The van der Waals surface area contributed by atoms with Crippen LogP contribution >= 0.6 is 0 Å². The van der Waals surface area contributed by atoms with Gasteiger partial charge in [-0.2, -0.15) is 0 Å². The number of carbonyl (C=O) groups is 1. The molecule has 1 saturated heterocycles. The fraction of sp³-hybridized carbons (Fsp3) is 0.615. The Balaban J connectivity index is 1.96. The first kappa shape index (κ1) is 13.3. The standard InChI is InChI=1S/C13H20N6O/c1-9-7-16-18(2)12(20)10-8-15-13(17-11(9)10)19-5-3-14-4-6-19/h8-9,14,16H,3-7H2,1-2H3. The molecule has 3 rings (SSSR count). The Morgan fingerprint density at radius 2 is 2.10 bits per heavy atom. The molecule has 0 bridgehead atoms. The molecule has 1 atom stereocenters. The number of rotatable bonds is 1. The number of hydrogen-bond acceptors (Lipinski definition) is 6. The van der Waals surface area contributed by atoms with Gasteiger partial charge in [0.25, 0.3) is 5.91 Å². The Morgan fingerprint density at radius 1 is 1.35 bits per heavy atom. The van der Waals surface area contributed by atoms with E-state index in [1.165, 1.54) is 5.01 Å². The summed E-state index contributed by atoms with van der Waals surface area (Å²) in [6.07, 6.45) is 1.67. The SMILES string of the molecule is CC1CNN(C)C(=O)c2cnc(N3CCNCC3)nc21. The van der Waals surface area contributed by atoms with Gasteiger partial charge in [0, 0.05) is 51.9 Å². The molecule has 108 valence electrons. The van der Waals surface area contributed by atoms with Gasteiger partial charge in [0.1, 0.15) is 0 Å². The summed E-state index contributed by atoms with van der Waals surface area (Å²) in [6.45, 7) is 6.47. The molecule has 0 saturated carbocycles. The van der Waals surface area contributed by atoms with Gasteiger partial charge >= 0.3 is 0 Å². The number of anilines is 1. The predicted molar refractivity (Wildman–Crippen MR) is 75.6 cm³/mol. The third-order valence-corrected chi connectivity index (χ3v) is 3.84. The molecule has 2 N–H and O–H groups in total. The lowest BCUT2D eigenvalue weighted by molar-refractivity contribution is 0.0725. The molecular formula is C13H20N6O. The van der Waals surface area contributed by atoms with Crippen molar-refractivity contribution in [3.05, 3.63) is 17.5 Å². The lowest BCUT2D eigenvalue weighted by Gasteiger charge is -2.28. The normalized spacial score (nSPS) is 23.5. The summed E-state index contributed by atoms with van der Waals surface area (Å²) >= 11 is 0. The average Bonchev–Trinajstić information content (AvgIpc) is 2.61. The second kappa shape index (κ2) is 5.34. The molecule has 0 aliphatic carbocycles. The second-order valence-electron chi connectivity index (χ2n) is 5.33. The summed E-state index contributed by atoms with van der Waals surface area (Å²) in [4.78, 5) is 23.4. The monoisotopic (exact) mass is 276 g/mol. The van der Waals surface area contributed by atoms with Crippen LogP contribution in [0.4, 0.5) is 5.95 Å². The Labute approximate surface area is 118 Å². The van der Waals surface area contributed by atoms with E-state index in [0.29, 0.717) is 12.1 Å². The minimum absolute atomic E-state index is 0.0730. The number of nitrogens with zero attached hydrogens (tertiary/aromatic N) is 4. The van der Waals surface area contributed by atoms with E-state index in [9.17, 15) is 4.79 Å². The van der Waals surface area contributed by atoms with Crippen LogP contribution in [0, 0.1) is 0 Å². The highest BCUT2D eigenvalue weighted by molar-refractivity contribution is 5.95. The Bertz CT molecular complexity index is 514. The van der Waals surface area contributed by atoms with Gasteiger partial charge in [-0.15, -0.1) is 0 Å². The first-order chi connectivity index (χ1) is 9.66. The number of hydrogen-bond donors (Lipinski definition) is 2. The van der Waals surface area contributed by atoms with Crippen molar-refractivity contribution in [1.29, 1.82) is 0 Å². The lowest BCUT2D eigenvalue weighted by atomic mass is 10.0. The van der Waals surface area contributed by atoms with E-state index in [-0.39, 0.29) is 11.8 Å². The van der Waals surface area contributed by atoms with Gasteiger partial charge in [-0.3, -0.25) is 9.80 Å². The van der Waals surface area contributed by atoms with Crippen molar-refractivity contribution in [3.8, 4) is 0 Å². The first-order valence-electron chi connectivity index (χ1n) is 7.01. The van der Waals surface area contributed by atoms with E-state index in [0.717, 1.165) is 37.8 Å². The summed E-state index contributed by atoms with van der Waals surface area (Å²) in [5.41, 5.74) is 4.53. The molecule has 2 aliphatic rings. The zero-order chi connectivity index (χ0) is 14.1. The molecule has 1 fully saturated rings. The van der Waals surface area contributed by atoms with Crippen LogP contribution in [-0.4, -0.2) is 60.7 Å². The molecule has 7 nitrogen and oxygen atoms in total. The second-order valence-corrected chi connectivity index (χ2v) is 5.33. The molecule has 0 radical (unpaired) electrons. The predicted octanol–water partition coefficient (Wildman–Crippen LogP) is -0.420. The summed E-state index contributed by atoms with van der Waals surface area (Å²) in [5.74, 6) is 0.842. The number of amides is 1. The maximum atomic E-state index is 12.2. The third kappa shape index (κ3) is 2.34. The smallest absolute Gasteiger partial charge is 0.271 e. The largest absolute Gasteiger partial charge is 0.338 e. The quantitative estimate of drug-likeness (QED) is 0.726. The first-order valence-corrected chi connectivity index (χ1v) is 7.01. The van der Waals surface area contributed by atoms with Gasteiger partial charge in [-0.1, -0.05) is 6.92 Å². The van der Waals surface area contributed by atoms with Crippen molar-refractivity contribution in [2.45, 2.75) is 12.8 Å². The van der Waals surface area contributed by atoms with E-state index in [2.05, 4.69) is 32.5 Å². The van der Waals surface area contributed by atoms with Crippen LogP contribution in [0.25, 0.3) is 0 Å². The minimum Gasteiger partial charge on any atom is -0.338 e. The van der Waals surface area contributed by atoms with Crippen molar-refractivity contribution in [1.82, 2.24) is 25.7 Å². The van der Waals surface area contributed by atoms with Crippen LogP contribution in [0.5, 0.6) is 0 Å². The molecule has 1 amide bonds. The lowest BCUT2D eigenvalue weighted by Crippen LogP contribution is -2.44. The van der Waals surface area contributed by atoms with E-state index in [4.69, 9.17) is 0 Å².